The molecule has 1 aliphatic heterocycles. The summed E-state index contributed by atoms with van der Waals surface area (Å²) < 4.78 is 1.41. The van der Waals surface area contributed by atoms with Crippen LogP contribution in [0.15, 0.2) is 41.3 Å². The molecule has 0 unspecified atom stereocenters. The van der Waals surface area contributed by atoms with Crippen molar-refractivity contribution in [3.8, 4) is 0 Å². The molecular weight excluding hydrogens is 302 g/mol. The lowest BCUT2D eigenvalue weighted by atomic mass is 9.99. The summed E-state index contributed by atoms with van der Waals surface area (Å²) in [6, 6.07) is 8.84. The van der Waals surface area contributed by atoms with Crippen LogP contribution in [0, 0.1) is 0 Å². The summed E-state index contributed by atoms with van der Waals surface area (Å²) in [6.07, 6.45) is 3.35. The Morgan fingerprint density at radius 3 is 2.77 bits per heavy atom. The van der Waals surface area contributed by atoms with E-state index >= 15 is 0 Å². The zero-order valence-electron chi connectivity index (χ0n) is 12.3. The molecule has 1 aliphatic rings. The monoisotopic (exact) mass is 319 g/mol. The largest absolute Gasteiger partial charge is 0.398 e. The average molecular weight is 320 g/mol. The first-order valence-corrected chi connectivity index (χ1v) is 6.94. The molecule has 0 bridgehead atoms. The van der Waals surface area contributed by atoms with Gasteiger partial charge >= 0.3 is 0 Å². The fourth-order valence-corrected chi connectivity index (χ4v) is 2.77. The van der Waals surface area contributed by atoms with E-state index in [1.54, 1.807) is 30.3 Å². The number of nitrogens with zero attached hydrogens (tertiary/aromatic N) is 2. The number of hydrogen-bond donors (Lipinski definition) is 1. The fourth-order valence-electron chi connectivity index (χ4n) is 2.77. The van der Waals surface area contributed by atoms with Gasteiger partial charge in [-0.25, -0.2) is 0 Å². The molecule has 22 heavy (non-hydrogen) atoms. The van der Waals surface area contributed by atoms with Crippen LogP contribution in [0.2, 0.25) is 0 Å². The number of aryl methyl sites for hydroxylation is 1. The van der Waals surface area contributed by atoms with Gasteiger partial charge in [-0.05, 0) is 42.7 Å². The zero-order chi connectivity index (χ0) is 15.0. The van der Waals surface area contributed by atoms with Crippen LogP contribution in [-0.2, 0) is 13.5 Å². The Morgan fingerprint density at radius 2 is 2.00 bits per heavy atom. The predicted molar refractivity (Wildman–Crippen MR) is 89.8 cm³/mol. The van der Waals surface area contributed by atoms with Crippen LogP contribution in [0.3, 0.4) is 0 Å². The number of pyridine rings is 1. The molecule has 5 nitrogen and oxygen atoms in total. The number of carbonyl (C=O) groups excluding carboxylic acids is 1. The van der Waals surface area contributed by atoms with Crippen molar-refractivity contribution >= 4 is 29.7 Å². The second kappa shape index (κ2) is 6.23. The van der Waals surface area contributed by atoms with Gasteiger partial charge in [0, 0.05) is 31.2 Å². The van der Waals surface area contributed by atoms with Gasteiger partial charge in [0.25, 0.3) is 11.5 Å². The molecule has 0 spiro atoms. The highest BCUT2D eigenvalue weighted by atomic mass is 35.5. The van der Waals surface area contributed by atoms with E-state index in [2.05, 4.69) is 0 Å². The number of rotatable bonds is 1. The van der Waals surface area contributed by atoms with Gasteiger partial charge in [0.1, 0.15) is 5.56 Å². The minimum Gasteiger partial charge on any atom is -0.398 e. The first-order valence-electron chi connectivity index (χ1n) is 6.94. The highest BCUT2D eigenvalue weighted by Gasteiger charge is 2.26. The van der Waals surface area contributed by atoms with E-state index in [0.717, 1.165) is 24.1 Å². The van der Waals surface area contributed by atoms with E-state index in [-0.39, 0.29) is 29.4 Å². The molecule has 0 fully saturated rings. The number of nitrogens with two attached hydrogens (primary N) is 1. The molecule has 1 amide bonds. The summed E-state index contributed by atoms with van der Waals surface area (Å²) in [4.78, 5) is 26.5. The van der Waals surface area contributed by atoms with Crippen molar-refractivity contribution in [1.82, 2.24) is 4.57 Å². The molecule has 6 heteroatoms. The molecule has 0 aliphatic carbocycles. The molecule has 116 valence electrons. The number of hydrogen-bond acceptors (Lipinski definition) is 3. The normalized spacial score (nSPS) is 13.2. The van der Waals surface area contributed by atoms with Crippen molar-refractivity contribution < 1.29 is 4.79 Å². The molecule has 2 heterocycles. The Bertz CT molecular complexity index is 770. The summed E-state index contributed by atoms with van der Waals surface area (Å²) >= 11 is 0. The standard InChI is InChI=1S/C16H17N3O2.ClH/c1-18-9-3-6-12(15(18)20)16(21)19-10-4-5-11-13(17)7-2-8-14(11)19;/h2-3,6-9H,4-5,10,17H2,1H3;1H. The minimum absolute atomic E-state index is 0. The zero-order valence-corrected chi connectivity index (χ0v) is 13.1. The highest BCUT2D eigenvalue weighted by Crippen LogP contribution is 2.31. The van der Waals surface area contributed by atoms with Gasteiger partial charge in [0.2, 0.25) is 0 Å². The van der Waals surface area contributed by atoms with E-state index in [4.69, 9.17) is 5.73 Å². The molecular formula is C16H18ClN3O2. The minimum atomic E-state index is -0.279. The van der Waals surface area contributed by atoms with Gasteiger partial charge in [0.15, 0.2) is 0 Å². The molecule has 1 aromatic heterocycles. The predicted octanol–water partition coefficient (Wildman–Crippen LogP) is 1.98. The van der Waals surface area contributed by atoms with Crippen molar-refractivity contribution in [2.45, 2.75) is 12.8 Å². The van der Waals surface area contributed by atoms with Crippen molar-refractivity contribution in [3.05, 3.63) is 58.0 Å². The fraction of sp³-hybridized carbons (Fsp3) is 0.250. The maximum atomic E-state index is 12.7. The second-order valence-corrected chi connectivity index (χ2v) is 5.24. The number of benzene rings is 1. The van der Waals surface area contributed by atoms with Gasteiger partial charge in [0.05, 0.1) is 0 Å². The maximum absolute atomic E-state index is 12.7. The van der Waals surface area contributed by atoms with Crippen LogP contribution in [0.25, 0.3) is 0 Å². The number of aromatic nitrogens is 1. The summed E-state index contributed by atoms with van der Waals surface area (Å²) in [5, 5.41) is 0. The van der Waals surface area contributed by atoms with Crippen LogP contribution < -0.4 is 16.2 Å². The number of halogens is 1. The number of fused-ring (bicyclic) bond motifs is 1. The van der Waals surface area contributed by atoms with Gasteiger partial charge in [-0.15, -0.1) is 12.4 Å². The lowest BCUT2D eigenvalue weighted by Crippen LogP contribution is -2.39. The molecule has 3 rings (SSSR count). The molecule has 1 aromatic carbocycles. The Kier molecular flexibility index (Phi) is 4.56. The van der Waals surface area contributed by atoms with Gasteiger partial charge < -0.3 is 15.2 Å². The van der Waals surface area contributed by atoms with Crippen LogP contribution in [0.1, 0.15) is 22.3 Å². The number of nitrogen functional groups attached to an aromatic ring is 1. The Balaban J connectivity index is 0.00000176. The van der Waals surface area contributed by atoms with E-state index < -0.39 is 0 Å². The number of amides is 1. The van der Waals surface area contributed by atoms with E-state index in [0.29, 0.717) is 12.2 Å². The summed E-state index contributed by atoms with van der Waals surface area (Å²) in [5.41, 5.74) is 8.41. The maximum Gasteiger partial charge on any atom is 0.263 e. The quantitative estimate of drug-likeness (QED) is 0.817. The SMILES string of the molecule is Cl.Cn1cccc(C(=O)N2CCCc3c(N)cccc32)c1=O. The second-order valence-electron chi connectivity index (χ2n) is 5.24. The Hall–Kier alpha value is -2.27. The van der Waals surface area contributed by atoms with Crippen LogP contribution in [-0.4, -0.2) is 17.0 Å². The summed E-state index contributed by atoms with van der Waals surface area (Å²) in [7, 11) is 1.64. The molecule has 0 saturated heterocycles. The van der Waals surface area contributed by atoms with Crippen LogP contribution in [0.4, 0.5) is 11.4 Å². The smallest absolute Gasteiger partial charge is 0.263 e. The van der Waals surface area contributed by atoms with Gasteiger partial charge in [-0.1, -0.05) is 6.07 Å². The van der Waals surface area contributed by atoms with Crippen molar-refractivity contribution in [1.29, 1.82) is 0 Å². The molecule has 2 N–H and O–H groups in total. The third-order valence-electron chi connectivity index (χ3n) is 3.89. The van der Waals surface area contributed by atoms with Crippen molar-refractivity contribution in [2.75, 3.05) is 17.2 Å². The van der Waals surface area contributed by atoms with Gasteiger partial charge in [-0.3, -0.25) is 9.59 Å². The topological polar surface area (TPSA) is 68.3 Å². The number of carbonyl (C=O) groups is 1. The van der Waals surface area contributed by atoms with Gasteiger partial charge in [-0.2, -0.15) is 0 Å². The molecule has 0 saturated carbocycles. The van der Waals surface area contributed by atoms with E-state index in [1.165, 1.54) is 4.57 Å². The molecule has 0 radical (unpaired) electrons. The summed E-state index contributed by atoms with van der Waals surface area (Å²) in [5.74, 6) is -0.261. The molecule has 0 atom stereocenters. The number of anilines is 2. The first kappa shape index (κ1) is 16.1. The third kappa shape index (κ3) is 2.60. The Labute approximate surface area is 134 Å². The van der Waals surface area contributed by atoms with Crippen LogP contribution in [0.5, 0.6) is 0 Å². The van der Waals surface area contributed by atoms with Crippen molar-refractivity contribution in [2.24, 2.45) is 7.05 Å². The first-order chi connectivity index (χ1) is 10.1. The lowest BCUT2D eigenvalue weighted by Gasteiger charge is -2.30. The van der Waals surface area contributed by atoms with Crippen molar-refractivity contribution in [3.63, 3.8) is 0 Å². The average Bonchev–Trinajstić information content (AvgIpc) is 2.49. The lowest BCUT2D eigenvalue weighted by molar-refractivity contribution is 0.0983. The van der Waals surface area contributed by atoms with E-state index in [9.17, 15) is 9.59 Å². The third-order valence-corrected chi connectivity index (χ3v) is 3.89. The van der Waals surface area contributed by atoms with E-state index in [1.807, 2.05) is 18.2 Å². The molecule has 2 aromatic rings. The summed E-state index contributed by atoms with van der Waals surface area (Å²) in [6.45, 7) is 0.604. The van der Waals surface area contributed by atoms with Crippen LogP contribution >= 0.6 is 12.4 Å². The highest BCUT2D eigenvalue weighted by molar-refractivity contribution is 6.06. The Morgan fingerprint density at radius 1 is 1.23 bits per heavy atom.